The molecule has 0 atom stereocenters. The zero-order valence-corrected chi connectivity index (χ0v) is 13.1. The molecule has 1 N–H and O–H groups in total. The second kappa shape index (κ2) is 6.22. The van der Waals surface area contributed by atoms with E-state index in [0.717, 1.165) is 48.4 Å². The summed E-state index contributed by atoms with van der Waals surface area (Å²) in [5, 5.41) is 2.97. The van der Waals surface area contributed by atoms with Gasteiger partial charge in [0.05, 0.1) is 5.69 Å². The molecule has 0 unspecified atom stereocenters. The summed E-state index contributed by atoms with van der Waals surface area (Å²) in [7, 11) is 0. The van der Waals surface area contributed by atoms with Crippen molar-refractivity contribution in [2.75, 3.05) is 18.4 Å². The third-order valence-corrected chi connectivity index (χ3v) is 3.98. The summed E-state index contributed by atoms with van der Waals surface area (Å²) in [5.74, 6) is 0.587. The molecule has 1 aliphatic heterocycles. The minimum Gasteiger partial charge on any atom is -0.444 e. The van der Waals surface area contributed by atoms with Crippen molar-refractivity contribution < 1.29 is 10.6 Å². The predicted octanol–water partition coefficient (Wildman–Crippen LogP) is 4.22. The van der Waals surface area contributed by atoms with E-state index in [-0.39, 0.29) is 7.46 Å². The third kappa shape index (κ3) is 3.13. The molecule has 0 spiro atoms. The van der Waals surface area contributed by atoms with Gasteiger partial charge in [0, 0.05) is 25.8 Å². The predicted molar refractivity (Wildman–Crippen MR) is 88.0 cm³/mol. The van der Waals surface area contributed by atoms with Gasteiger partial charge in [0.25, 0.3) is 0 Å². The highest BCUT2D eigenvalue weighted by atomic mass is 16.3. The first-order chi connectivity index (χ1) is 10.6. The lowest BCUT2D eigenvalue weighted by Crippen LogP contribution is -2.38. The largest absolute Gasteiger partial charge is 0.444 e. The van der Waals surface area contributed by atoms with Crippen molar-refractivity contribution in [1.29, 1.82) is 0 Å². The fourth-order valence-electron chi connectivity index (χ4n) is 2.71. The Hall–Kier alpha value is -2.30. The van der Waals surface area contributed by atoms with Crippen molar-refractivity contribution in [3.63, 3.8) is 0 Å². The first-order valence-electron chi connectivity index (χ1n) is 7.72. The van der Waals surface area contributed by atoms with Crippen LogP contribution in [0.4, 0.5) is 10.5 Å². The zero-order chi connectivity index (χ0) is 15.5. The highest BCUT2D eigenvalue weighted by Gasteiger charge is 2.17. The number of oxazole rings is 1. The van der Waals surface area contributed by atoms with Gasteiger partial charge in [-0.15, -0.1) is 0 Å². The summed E-state index contributed by atoms with van der Waals surface area (Å²) < 4.78 is 5.47. The number of nitrogens with zero attached hydrogens (tertiary/aromatic N) is 2. The zero-order valence-electron chi connectivity index (χ0n) is 13.1. The highest BCUT2D eigenvalue weighted by molar-refractivity contribution is 5.90. The number of benzene rings is 1. The van der Waals surface area contributed by atoms with E-state index in [1.165, 1.54) is 6.42 Å². The van der Waals surface area contributed by atoms with Gasteiger partial charge in [-0.1, -0.05) is 6.07 Å². The Balaban J connectivity index is 0.00000192. The van der Waals surface area contributed by atoms with Crippen LogP contribution in [-0.2, 0) is 0 Å². The van der Waals surface area contributed by atoms with E-state index in [0.29, 0.717) is 5.89 Å². The first kappa shape index (κ1) is 14.6. The number of aromatic nitrogens is 1. The Morgan fingerprint density at radius 2 is 2.05 bits per heavy atom. The molecular weight excluding hydrogens is 278 g/mol. The van der Waals surface area contributed by atoms with Crippen LogP contribution in [0.5, 0.6) is 0 Å². The number of nitrogens with one attached hydrogen (secondary N) is 1. The van der Waals surface area contributed by atoms with Gasteiger partial charge in [-0.2, -0.15) is 0 Å². The number of hydrogen-bond acceptors (Lipinski definition) is 3. The van der Waals surface area contributed by atoms with Crippen molar-refractivity contribution in [3.8, 4) is 11.5 Å². The Labute approximate surface area is 131 Å². The molecule has 1 fully saturated rings. The molecule has 0 radical (unpaired) electrons. The van der Waals surface area contributed by atoms with Crippen LogP contribution in [0.25, 0.3) is 11.5 Å². The van der Waals surface area contributed by atoms with Gasteiger partial charge in [-0.25, -0.2) is 9.78 Å². The summed E-state index contributed by atoms with van der Waals surface area (Å²) in [6.07, 6.45) is 5.01. The number of likely N-dealkylation sites (tertiary alicyclic amines) is 1. The summed E-state index contributed by atoms with van der Waals surface area (Å²) >= 11 is 0. The van der Waals surface area contributed by atoms with Crippen molar-refractivity contribution in [2.45, 2.75) is 33.1 Å². The van der Waals surface area contributed by atoms with Gasteiger partial charge in [0.2, 0.25) is 5.89 Å². The van der Waals surface area contributed by atoms with Gasteiger partial charge < -0.3 is 14.6 Å². The number of carbonyl (C=O) groups excluding carboxylic acids is 1. The van der Waals surface area contributed by atoms with E-state index in [4.69, 9.17) is 4.42 Å². The summed E-state index contributed by atoms with van der Waals surface area (Å²) in [4.78, 5) is 18.5. The van der Waals surface area contributed by atoms with E-state index in [2.05, 4.69) is 10.3 Å². The van der Waals surface area contributed by atoms with Gasteiger partial charge in [0.1, 0.15) is 6.26 Å². The monoisotopic (exact) mass is 301 g/mol. The molecule has 1 aliphatic rings. The van der Waals surface area contributed by atoms with Crippen molar-refractivity contribution in [1.82, 2.24) is 9.88 Å². The summed E-state index contributed by atoms with van der Waals surface area (Å²) in [6.45, 7) is 5.57. The molecule has 5 heteroatoms. The van der Waals surface area contributed by atoms with Crippen LogP contribution < -0.4 is 5.32 Å². The van der Waals surface area contributed by atoms with E-state index < -0.39 is 0 Å². The summed E-state index contributed by atoms with van der Waals surface area (Å²) in [6, 6.07) is 5.78. The topological polar surface area (TPSA) is 58.4 Å². The smallest absolute Gasteiger partial charge is 0.321 e. The number of rotatable bonds is 2. The van der Waals surface area contributed by atoms with E-state index in [9.17, 15) is 4.79 Å². The van der Waals surface area contributed by atoms with Crippen molar-refractivity contribution in [2.24, 2.45) is 0 Å². The fourth-order valence-corrected chi connectivity index (χ4v) is 2.71. The standard InChI is InChI=1S/C17H21N3O2.H2/c1-12-6-7-14(10-15(12)16-18-13(2)11-22-16)19-17(21)20-8-4-3-5-9-20;/h6-7,10-11H,3-5,8-9H2,1-2H3,(H,19,21);1H. The normalized spacial score (nSPS) is 14.9. The molecule has 22 heavy (non-hydrogen) atoms. The Morgan fingerprint density at radius 1 is 1.27 bits per heavy atom. The summed E-state index contributed by atoms with van der Waals surface area (Å²) in [5.41, 5.74) is 3.59. The fraction of sp³-hybridized carbons (Fsp3) is 0.412. The molecule has 2 heterocycles. The quantitative estimate of drug-likeness (QED) is 0.903. The lowest BCUT2D eigenvalue weighted by molar-refractivity contribution is 0.200. The maximum atomic E-state index is 12.3. The molecule has 0 bridgehead atoms. The SMILES string of the molecule is Cc1coc(-c2cc(NC(=O)N3CCCCC3)ccc2C)n1.[HH]. The van der Waals surface area contributed by atoms with Crippen LogP contribution in [-0.4, -0.2) is 29.0 Å². The van der Waals surface area contributed by atoms with E-state index >= 15 is 0 Å². The van der Waals surface area contributed by atoms with E-state index in [1.54, 1.807) is 6.26 Å². The Kier molecular flexibility index (Phi) is 4.13. The average molecular weight is 301 g/mol. The molecule has 1 saturated heterocycles. The van der Waals surface area contributed by atoms with E-state index in [1.807, 2.05) is 36.9 Å². The van der Waals surface area contributed by atoms with Gasteiger partial charge >= 0.3 is 6.03 Å². The van der Waals surface area contributed by atoms with Crippen LogP contribution in [0, 0.1) is 13.8 Å². The molecule has 0 aliphatic carbocycles. The van der Waals surface area contributed by atoms with Gasteiger partial charge in [-0.3, -0.25) is 0 Å². The number of carbonyl (C=O) groups is 1. The second-order valence-electron chi connectivity index (χ2n) is 5.80. The first-order valence-corrected chi connectivity index (χ1v) is 7.72. The molecule has 2 amide bonds. The van der Waals surface area contributed by atoms with Gasteiger partial charge in [0.15, 0.2) is 0 Å². The van der Waals surface area contributed by atoms with Crippen LogP contribution in [0.15, 0.2) is 28.9 Å². The minimum atomic E-state index is -0.0295. The average Bonchev–Trinajstić information content (AvgIpc) is 2.96. The third-order valence-electron chi connectivity index (χ3n) is 3.98. The van der Waals surface area contributed by atoms with Gasteiger partial charge in [-0.05, 0) is 50.8 Å². The lowest BCUT2D eigenvalue weighted by atomic mass is 10.1. The molecule has 0 saturated carbocycles. The number of urea groups is 1. The number of amides is 2. The Bertz CT molecular complexity index is 678. The Morgan fingerprint density at radius 3 is 2.73 bits per heavy atom. The maximum Gasteiger partial charge on any atom is 0.321 e. The van der Waals surface area contributed by atoms with Crippen LogP contribution in [0.1, 0.15) is 31.9 Å². The highest BCUT2D eigenvalue weighted by Crippen LogP contribution is 2.26. The van der Waals surface area contributed by atoms with Crippen LogP contribution in [0.2, 0.25) is 0 Å². The lowest BCUT2D eigenvalue weighted by Gasteiger charge is -2.26. The minimum absolute atomic E-state index is 0. The van der Waals surface area contributed by atoms with Crippen molar-refractivity contribution >= 4 is 11.7 Å². The number of hydrogen-bond donors (Lipinski definition) is 1. The van der Waals surface area contributed by atoms with Crippen LogP contribution in [0.3, 0.4) is 0 Å². The molecule has 1 aromatic heterocycles. The molecule has 1 aromatic carbocycles. The van der Waals surface area contributed by atoms with Crippen molar-refractivity contribution in [3.05, 3.63) is 35.7 Å². The molecule has 5 nitrogen and oxygen atoms in total. The molecule has 2 aromatic rings. The maximum absolute atomic E-state index is 12.3. The number of aryl methyl sites for hydroxylation is 2. The molecule has 118 valence electrons. The second-order valence-corrected chi connectivity index (χ2v) is 5.80. The molecular formula is C17H23N3O2. The molecule has 3 rings (SSSR count). The number of anilines is 1. The number of piperidine rings is 1. The van der Waals surface area contributed by atoms with Crippen LogP contribution >= 0.6 is 0 Å².